The molecule has 0 atom stereocenters. The molecule has 0 saturated heterocycles. The molecule has 0 radical (unpaired) electrons. The van der Waals surface area contributed by atoms with Crippen molar-refractivity contribution < 1.29 is 4.74 Å². The zero-order valence-electron chi connectivity index (χ0n) is 11.6. The summed E-state index contributed by atoms with van der Waals surface area (Å²) in [6.07, 6.45) is 4.88. The molecule has 0 aromatic heterocycles. The van der Waals surface area contributed by atoms with Gasteiger partial charge in [-0.1, -0.05) is 38.4 Å². The van der Waals surface area contributed by atoms with E-state index in [-0.39, 0.29) is 0 Å². The van der Waals surface area contributed by atoms with Gasteiger partial charge in [0.2, 0.25) is 0 Å². The number of unbranched alkanes of at least 4 members (excludes halogenated alkanes) is 3. The van der Waals surface area contributed by atoms with E-state index in [1.165, 1.54) is 19.3 Å². The Labute approximate surface area is 116 Å². The summed E-state index contributed by atoms with van der Waals surface area (Å²) in [5, 5.41) is 0. The maximum atomic E-state index is 5.86. The van der Waals surface area contributed by atoms with Gasteiger partial charge in [0.15, 0.2) is 0 Å². The van der Waals surface area contributed by atoms with Crippen molar-refractivity contribution in [2.45, 2.75) is 46.5 Å². The van der Waals surface area contributed by atoms with Gasteiger partial charge < -0.3 is 10.5 Å². The molecular weight excluding hydrogens is 242 g/mol. The van der Waals surface area contributed by atoms with Crippen molar-refractivity contribution in [3.63, 3.8) is 0 Å². The van der Waals surface area contributed by atoms with Crippen molar-refractivity contribution in [2.24, 2.45) is 5.73 Å². The second-order valence-corrected chi connectivity index (χ2v) is 5.15. The third-order valence-electron chi connectivity index (χ3n) is 2.99. The molecule has 1 aromatic rings. The fraction of sp³-hybridized carbons (Fsp3) is 0.533. The van der Waals surface area contributed by atoms with Gasteiger partial charge in [0, 0.05) is 5.56 Å². The zero-order valence-corrected chi connectivity index (χ0v) is 12.4. The Hall–Kier alpha value is -1.09. The maximum Gasteiger partial charge on any atom is 0.125 e. The molecular formula is C15H23NOS. The lowest BCUT2D eigenvalue weighted by molar-refractivity contribution is 0.301. The van der Waals surface area contributed by atoms with Crippen molar-refractivity contribution in [2.75, 3.05) is 6.61 Å². The van der Waals surface area contributed by atoms with E-state index in [1.54, 1.807) is 0 Å². The number of aryl methyl sites for hydroxylation is 2. The van der Waals surface area contributed by atoms with Crippen LogP contribution in [0.4, 0.5) is 0 Å². The number of hydrogen-bond donors (Lipinski definition) is 1. The molecule has 2 nitrogen and oxygen atoms in total. The predicted molar refractivity (Wildman–Crippen MR) is 81.4 cm³/mol. The summed E-state index contributed by atoms with van der Waals surface area (Å²) >= 11 is 5.00. The summed E-state index contributed by atoms with van der Waals surface area (Å²) < 4.78 is 5.86. The van der Waals surface area contributed by atoms with Crippen LogP contribution in [0.3, 0.4) is 0 Å². The molecule has 0 aliphatic rings. The summed E-state index contributed by atoms with van der Waals surface area (Å²) in [6, 6.07) is 3.99. The SMILES string of the molecule is CCCCCCOc1c(C)cc(C(N)=S)cc1C. The summed E-state index contributed by atoms with van der Waals surface area (Å²) in [7, 11) is 0. The molecule has 0 unspecified atom stereocenters. The summed E-state index contributed by atoms with van der Waals surface area (Å²) in [6.45, 7) is 7.07. The third-order valence-corrected chi connectivity index (χ3v) is 3.22. The Morgan fingerprint density at radius 2 is 1.78 bits per heavy atom. The second kappa shape index (κ2) is 7.37. The highest BCUT2D eigenvalue weighted by molar-refractivity contribution is 7.80. The normalized spacial score (nSPS) is 10.4. The first-order chi connectivity index (χ1) is 8.56. The topological polar surface area (TPSA) is 35.2 Å². The number of hydrogen-bond acceptors (Lipinski definition) is 2. The first kappa shape index (κ1) is 15.0. The van der Waals surface area contributed by atoms with Crippen molar-refractivity contribution in [3.05, 3.63) is 28.8 Å². The van der Waals surface area contributed by atoms with Gasteiger partial charge in [-0.15, -0.1) is 0 Å². The standard InChI is InChI=1S/C15H23NOS/c1-4-5-6-7-8-17-14-11(2)9-13(15(16)18)10-12(14)3/h9-10H,4-8H2,1-3H3,(H2,16,18). The van der Waals surface area contributed by atoms with Crippen LogP contribution in [-0.2, 0) is 0 Å². The quantitative estimate of drug-likeness (QED) is 0.600. The number of rotatable bonds is 7. The molecule has 18 heavy (non-hydrogen) atoms. The summed E-state index contributed by atoms with van der Waals surface area (Å²) in [4.78, 5) is 0.440. The number of benzene rings is 1. The zero-order chi connectivity index (χ0) is 13.5. The van der Waals surface area contributed by atoms with E-state index < -0.39 is 0 Å². The van der Waals surface area contributed by atoms with Crippen LogP contribution in [0.5, 0.6) is 5.75 Å². The van der Waals surface area contributed by atoms with Gasteiger partial charge in [0.1, 0.15) is 10.7 Å². The molecule has 0 heterocycles. The van der Waals surface area contributed by atoms with Gasteiger partial charge >= 0.3 is 0 Å². The average Bonchev–Trinajstić information content (AvgIpc) is 2.31. The molecule has 0 spiro atoms. The van der Waals surface area contributed by atoms with Gasteiger partial charge in [-0.3, -0.25) is 0 Å². The minimum Gasteiger partial charge on any atom is -0.493 e. The van der Waals surface area contributed by atoms with E-state index in [4.69, 9.17) is 22.7 Å². The van der Waals surface area contributed by atoms with Crippen molar-refractivity contribution in [3.8, 4) is 5.75 Å². The molecule has 0 saturated carbocycles. The number of thiocarbonyl (C=S) groups is 1. The van der Waals surface area contributed by atoms with Crippen LogP contribution >= 0.6 is 12.2 Å². The van der Waals surface area contributed by atoms with E-state index in [0.717, 1.165) is 35.5 Å². The average molecular weight is 265 g/mol. The molecule has 1 rings (SSSR count). The highest BCUT2D eigenvalue weighted by Crippen LogP contribution is 2.25. The van der Waals surface area contributed by atoms with Crippen LogP contribution in [-0.4, -0.2) is 11.6 Å². The van der Waals surface area contributed by atoms with Gasteiger partial charge in [-0.25, -0.2) is 0 Å². The molecule has 1 aromatic carbocycles. The van der Waals surface area contributed by atoms with E-state index in [2.05, 4.69) is 6.92 Å². The molecule has 2 N–H and O–H groups in total. The highest BCUT2D eigenvalue weighted by Gasteiger charge is 2.07. The van der Waals surface area contributed by atoms with E-state index in [0.29, 0.717) is 4.99 Å². The van der Waals surface area contributed by atoms with Crippen LogP contribution in [0.25, 0.3) is 0 Å². The summed E-state index contributed by atoms with van der Waals surface area (Å²) in [5.74, 6) is 0.978. The van der Waals surface area contributed by atoms with Gasteiger partial charge in [0.25, 0.3) is 0 Å². The molecule has 0 fully saturated rings. The molecule has 3 heteroatoms. The minimum atomic E-state index is 0.440. The number of ether oxygens (including phenoxy) is 1. The Balaban J connectivity index is 2.63. The minimum absolute atomic E-state index is 0.440. The van der Waals surface area contributed by atoms with Gasteiger partial charge in [-0.05, 0) is 43.5 Å². The van der Waals surface area contributed by atoms with Crippen LogP contribution in [0, 0.1) is 13.8 Å². The first-order valence-electron chi connectivity index (χ1n) is 6.60. The van der Waals surface area contributed by atoms with Crippen molar-refractivity contribution in [1.29, 1.82) is 0 Å². The van der Waals surface area contributed by atoms with Gasteiger partial charge in [0.05, 0.1) is 6.61 Å². The molecule has 0 bridgehead atoms. The Bertz CT molecular complexity index is 392. The van der Waals surface area contributed by atoms with Crippen molar-refractivity contribution in [1.82, 2.24) is 0 Å². The van der Waals surface area contributed by atoms with Crippen LogP contribution < -0.4 is 10.5 Å². The molecule has 0 aliphatic heterocycles. The third kappa shape index (κ3) is 4.30. The van der Waals surface area contributed by atoms with E-state index in [1.807, 2.05) is 26.0 Å². The van der Waals surface area contributed by atoms with Crippen molar-refractivity contribution >= 4 is 17.2 Å². The first-order valence-corrected chi connectivity index (χ1v) is 7.01. The largest absolute Gasteiger partial charge is 0.493 e. The van der Waals surface area contributed by atoms with E-state index >= 15 is 0 Å². The Kier molecular flexibility index (Phi) is 6.13. The Morgan fingerprint density at radius 1 is 1.17 bits per heavy atom. The molecule has 0 aliphatic carbocycles. The highest BCUT2D eigenvalue weighted by atomic mass is 32.1. The number of nitrogens with two attached hydrogens (primary N) is 1. The lowest BCUT2D eigenvalue weighted by Gasteiger charge is -2.13. The maximum absolute atomic E-state index is 5.86. The fourth-order valence-corrected chi connectivity index (χ4v) is 2.14. The lowest BCUT2D eigenvalue weighted by atomic mass is 10.1. The summed E-state index contributed by atoms with van der Waals surface area (Å²) in [5.41, 5.74) is 8.77. The molecule has 100 valence electrons. The van der Waals surface area contributed by atoms with Crippen LogP contribution in [0.1, 0.15) is 49.3 Å². The van der Waals surface area contributed by atoms with Crippen LogP contribution in [0.2, 0.25) is 0 Å². The second-order valence-electron chi connectivity index (χ2n) is 4.71. The predicted octanol–water partition coefficient (Wildman–Crippen LogP) is 3.90. The lowest BCUT2D eigenvalue weighted by Crippen LogP contribution is -2.10. The van der Waals surface area contributed by atoms with Crippen LogP contribution in [0.15, 0.2) is 12.1 Å². The Morgan fingerprint density at radius 3 is 2.28 bits per heavy atom. The van der Waals surface area contributed by atoms with Gasteiger partial charge in [-0.2, -0.15) is 0 Å². The van der Waals surface area contributed by atoms with E-state index in [9.17, 15) is 0 Å². The monoisotopic (exact) mass is 265 g/mol. The smallest absolute Gasteiger partial charge is 0.125 e. The fourth-order valence-electron chi connectivity index (χ4n) is 2.02. The molecule has 0 amide bonds.